The van der Waals surface area contributed by atoms with E-state index in [1.807, 2.05) is 0 Å². The number of nitrogens with one attached hydrogen (secondary N) is 1. The van der Waals surface area contributed by atoms with E-state index in [-0.39, 0.29) is 24.6 Å². The average molecular weight is 497 g/mol. The van der Waals surface area contributed by atoms with Crippen LogP contribution in [-0.4, -0.2) is 70.1 Å². The van der Waals surface area contributed by atoms with Crippen molar-refractivity contribution in [3.63, 3.8) is 0 Å². The fourth-order valence-electron chi connectivity index (χ4n) is 4.96. The van der Waals surface area contributed by atoms with Gasteiger partial charge in [0.1, 0.15) is 17.6 Å². The van der Waals surface area contributed by atoms with Crippen molar-refractivity contribution in [3.8, 4) is 5.75 Å². The number of anilines is 2. The van der Waals surface area contributed by atoms with E-state index in [0.717, 1.165) is 61.2 Å². The maximum Gasteiger partial charge on any atom is 0.186 e. The molecule has 2 aliphatic rings. The van der Waals surface area contributed by atoms with Gasteiger partial charge in [-0.1, -0.05) is 0 Å². The van der Waals surface area contributed by atoms with Crippen molar-refractivity contribution in [1.82, 2.24) is 19.9 Å². The van der Waals surface area contributed by atoms with E-state index in [9.17, 15) is 9.50 Å². The normalized spacial score (nSPS) is 21.4. The summed E-state index contributed by atoms with van der Waals surface area (Å²) in [5.41, 5.74) is 3.09. The third-order valence-corrected chi connectivity index (χ3v) is 6.99. The zero-order valence-corrected chi connectivity index (χ0v) is 20.6. The van der Waals surface area contributed by atoms with Gasteiger partial charge >= 0.3 is 0 Å². The fourth-order valence-corrected chi connectivity index (χ4v) is 4.96. The second-order valence-corrected chi connectivity index (χ2v) is 9.64. The van der Waals surface area contributed by atoms with Crippen LogP contribution in [0.4, 0.5) is 15.9 Å². The van der Waals surface area contributed by atoms with Crippen LogP contribution in [0, 0.1) is 11.7 Å². The van der Waals surface area contributed by atoms with Gasteiger partial charge in [-0.2, -0.15) is 0 Å². The minimum atomic E-state index is -0.429. The molecule has 1 saturated heterocycles. The molecular weight excluding hydrogens is 463 g/mol. The molecule has 0 amide bonds. The van der Waals surface area contributed by atoms with Crippen LogP contribution in [-0.2, 0) is 11.2 Å². The summed E-state index contributed by atoms with van der Waals surface area (Å²) in [7, 11) is 0. The number of halogens is 1. The number of nitrogens with zero attached hydrogens (tertiary/aromatic N) is 5. The Bertz CT molecular complexity index is 1170. The summed E-state index contributed by atoms with van der Waals surface area (Å²) in [5.74, 6) is 0.808. The standard InChI is InChI=1S/C26H33FN6O3/c1-17(15-34)32-26-24(27)21(30-16-31-26)12-18-2-4-20(5-3-18)36-23-14-19(33-8-10-35-11-9-33)13-22-25(23)29-7-6-28-22/h6-7,13-14,16-18,20,34H,2-5,8-12,15H2,1H3,(H,30,31,32)/t17-,18?,20?/m1/s1. The number of hydrogen-bond acceptors (Lipinski definition) is 9. The van der Waals surface area contributed by atoms with Crippen LogP contribution in [0.3, 0.4) is 0 Å². The molecule has 1 atom stereocenters. The maximum absolute atomic E-state index is 14.9. The van der Waals surface area contributed by atoms with Gasteiger partial charge in [0, 0.05) is 43.3 Å². The molecule has 0 bridgehead atoms. The molecule has 36 heavy (non-hydrogen) atoms. The molecule has 0 spiro atoms. The highest BCUT2D eigenvalue weighted by Gasteiger charge is 2.26. The van der Waals surface area contributed by atoms with Gasteiger partial charge in [-0.25, -0.2) is 19.3 Å². The number of ether oxygens (including phenoxy) is 2. The van der Waals surface area contributed by atoms with E-state index < -0.39 is 5.82 Å². The van der Waals surface area contributed by atoms with Crippen LogP contribution in [0.25, 0.3) is 11.0 Å². The van der Waals surface area contributed by atoms with Gasteiger partial charge in [0.15, 0.2) is 11.6 Å². The number of hydrogen-bond donors (Lipinski definition) is 2. The quantitative estimate of drug-likeness (QED) is 0.486. The SMILES string of the molecule is C[C@H](CO)Nc1ncnc(CC2CCC(Oc3cc(N4CCOCC4)cc4nccnc34)CC2)c1F. The Morgan fingerprint density at radius 2 is 1.89 bits per heavy atom. The lowest BCUT2D eigenvalue weighted by Gasteiger charge is -2.31. The van der Waals surface area contributed by atoms with Gasteiger partial charge in [0.05, 0.1) is 37.1 Å². The first-order chi connectivity index (χ1) is 17.6. The Morgan fingerprint density at radius 3 is 2.67 bits per heavy atom. The summed E-state index contributed by atoms with van der Waals surface area (Å²) in [6.07, 6.45) is 9.04. The molecule has 1 aromatic carbocycles. The molecule has 0 radical (unpaired) electrons. The lowest BCUT2D eigenvalue weighted by atomic mass is 9.84. The minimum Gasteiger partial charge on any atom is -0.488 e. The molecule has 3 heterocycles. The molecule has 1 aliphatic heterocycles. The average Bonchev–Trinajstić information content (AvgIpc) is 2.92. The summed E-state index contributed by atoms with van der Waals surface area (Å²) in [6, 6.07) is 3.86. The third-order valence-electron chi connectivity index (χ3n) is 6.99. The van der Waals surface area contributed by atoms with Crippen molar-refractivity contribution in [2.24, 2.45) is 5.92 Å². The molecule has 2 fully saturated rings. The number of aromatic nitrogens is 4. The molecule has 2 N–H and O–H groups in total. The minimum absolute atomic E-state index is 0.0734. The van der Waals surface area contributed by atoms with E-state index >= 15 is 0 Å². The summed E-state index contributed by atoms with van der Waals surface area (Å²) in [5, 5.41) is 12.1. The Hall–Kier alpha value is -3.11. The molecule has 3 aromatic rings. The van der Waals surface area contributed by atoms with Crippen molar-refractivity contribution in [2.45, 2.75) is 51.2 Å². The highest BCUT2D eigenvalue weighted by Crippen LogP contribution is 2.35. The molecule has 2 aromatic heterocycles. The van der Waals surface area contributed by atoms with Crippen LogP contribution >= 0.6 is 0 Å². The number of aliphatic hydroxyl groups excluding tert-OH is 1. The van der Waals surface area contributed by atoms with E-state index in [0.29, 0.717) is 31.2 Å². The molecular formula is C26H33FN6O3. The molecule has 1 saturated carbocycles. The van der Waals surface area contributed by atoms with Crippen molar-refractivity contribution in [1.29, 1.82) is 0 Å². The van der Waals surface area contributed by atoms with Crippen molar-refractivity contribution >= 4 is 22.5 Å². The van der Waals surface area contributed by atoms with Gasteiger partial charge in [-0.15, -0.1) is 0 Å². The van der Waals surface area contributed by atoms with Gasteiger partial charge in [-0.05, 0) is 51.0 Å². The Labute approximate surface area is 210 Å². The summed E-state index contributed by atoms with van der Waals surface area (Å²) in [6.45, 7) is 4.78. The fraction of sp³-hybridized carbons (Fsp3) is 0.538. The van der Waals surface area contributed by atoms with Crippen LogP contribution in [0.2, 0.25) is 0 Å². The maximum atomic E-state index is 14.9. The van der Waals surface area contributed by atoms with E-state index in [1.54, 1.807) is 19.3 Å². The molecule has 5 rings (SSSR count). The second-order valence-electron chi connectivity index (χ2n) is 9.64. The number of aliphatic hydroxyl groups is 1. The van der Waals surface area contributed by atoms with Crippen LogP contribution in [0.15, 0.2) is 30.9 Å². The molecule has 192 valence electrons. The lowest BCUT2D eigenvalue weighted by molar-refractivity contribution is 0.122. The van der Waals surface area contributed by atoms with Gasteiger partial charge < -0.3 is 24.8 Å². The number of fused-ring (bicyclic) bond motifs is 1. The van der Waals surface area contributed by atoms with Crippen molar-refractivity contribution < 1.29 is 19.0 Å². The first kappa shape index (κ1) is 24.6. The molecule has 10 heteroatoms. The van der Waals surface area contributed by atoms with Gasteiger partial charge in [-0.3, -0.25) is 4.98 Å². The lowest BCUT2D eigenvalue weighted by Crippen LogP contribution is -2.36. The van der Waals surface area contributed by atoms with E-state index in [1.165, 1.54) is 6.33 Å². The Balaban J connectivity index is 1.24. The van der Waals surface area contributed by atoms with Crippen LogP contribution < -0.4 is 15.0 Å². The van der Waals surface area contributed by atoms with E-state index in [2.05, 4.69) is 42.3 Å². The zero-order valence-electron chi connectivity index (χ0n) is 20.6. The second kappa shape index (κ2) is 11.3. The topological polar surface area (TPSA) is 106 Å². The summed E-state index contributed by atoms with van der Waals surface area (Å²) >= 11 is 0. The monoisotopic (exact) mass is 496 g/mol. The van der Waals surface area contributed by atoms with Crippen LogP contribution in [0.1, 0.15) is 38.3 Å². The smallest absolute Gasteiger partial charge is 0.186 e. The Morgan fingerprint density at radius 1 is 1.11 bits per heavy atom. The van der Waals surface area contributed by atoms with Crippen LogP contribution in [0.5, 0.6) is 5.75 Å². The number of benzene rings is 1. The van der Waals surface area contributed by atoms with Crippen molar-refractivity contribution in [3.05, 3.63) is 42.4 Å². The first-order valence-corrected chi connectivity index (χ1v) is 12.7. The Kier molecular flexibility index (Phi) is 7.72. The highest BCUT2D eigenvalue weighted by atomic mass is 19.1. The predicted octanol–water partition coefficient (Wildman–Crippen LogP) is 3.37. The van der Waals surface area contributed by atoms with Gasteiger partial charge in [0.2, 0.25) is 0 Å². The summed E-state index contributed by atoms with van der Waals surface area (Å²) < 4.78 is 26.9. The highest BCUT2D eigenvalue weighted by molar-refractivity contribution is 5.85. The van der Waals surface area contributed by atoms with Gasteiger partial charge in [0.25, 0.3) is 0 Å². The summed E-state index contributed by atoms with van der Waals surface area (Å²) in [4.78, 5) is 19.5. The molecule has 9 nitrogen and oxygen atoms in total. The molecule has 1 aliphatic carbocycles. The van der Waals surface area contributed by atoms with E-state index in [4.69, 9.17) is 9.47 Å². The third kappa shape index (κ3) is 5.65. The predicted molar refractivity (Wildman–Crippen MR) is 135 cm³/mol. The molecule has 0 unspecified atom stereocenters. The zero-order chi connectivity index (χ0) is 24.9. The first-order valence-electron chi connectivity index (χ1n) is 12.7. The van der Waals surface area contributed by atoms with Crippen molar-refractivity contribution in [2.75, 3.05) is 43.1 Å². The largest absolute Gasteiger partial charge is 0.488 e. The number of rotatable bonds is 8. The number of morpholine rings is 1.